The van der Waals surface area contributed by atoms with Gasteiger partial charge in [0.1, 0.15) is 5.01 Å². The predicted octanol–water partition coefficient (Wildman–Crippen LogP) is 2.83. The van der Waals surface area contributed by atoms with Gasteiger partial charge in [0.05, 0.1) is 17.8 Å². The lowest BCUT2D eigenvalue weighted by Crippen LogP contribution is -2.29. The van der Waals surface area contributed by atoms with E-state index in [4.69, 9.17) is 11.6 Å². The van der Waals surface area contributed by atoms with Gasteiger partial charge < -0.3 is 0 Å². The second kappa shape index (κ2) is 4.43. The van der Waals surface area contributed by atoms with E-state index in [1.54, 1.807) is 18.2 Å². The molecule has 0 bridgehead atoms. The number of hydrogen-bond donors (Lipinski definition) is 0. The van der Waals surface area contributed by atoms with Crippen LogP contribution in [0.5, 0.6) is 0 Å². The Balaban J connectivity index is 2.01. The molecule has 6 heteroatoms. The number of nitrogens with zero attached hydrogens (tertiary/aromatic N) is 2. The highest BCUT2D eigenvalue weighted by molar-refractivity contribution is 7.09. The molecular formula is C13H9ClN2O2S. The van der Waals surface area contributed by atoms with Crippen LogP contribution in [-0.4, -0.2) is 16.7 Å². The van der Waals surface area contributed by atoms with Crippen molar-refractivity contribution < 1.29 is 9.59 Å². The zero-order chi connectivity index (χ0) is 13.6. The van der Waals surface area contributed by atoms with Crippen molar-refractivity contribution in [1.29, 1.82) is 0 Å². The van der Waals surface area contributed by atoms with Gasteiger partial charge in [-0.25, -0.2) is 4.98 Å². The van der Waals surface area contributed by atoms with Crippen LogP contribution in [0.2, 0.25) is 5.02 Å². The molecule has 0 atom stereocenters. The van der Waals surface area contributed by atoms with Gasteiger partial charge in [0.2, 0.25) is 0 Å². The Labute approximate surface area is 118 Å². The Bertz CT molecular complexity index is 696. The van der Waals surface area contributed by atoms with E-state index in [1.165, 1.54) is 16.2 Å². The topological polar surface area (TPSA) is 50.3 Å². The van der Waals surface area contributed by atoms with Gasteiger partial charge in [-0.1, -0.05) is 11.6 Å². The summed E-state index contributed by atoms with van der Waals surface area (Å²) in [5.74, 6) is -1.01. The third kappa shape index (κ3) is 2.05. The van der Waals surface area contributed by atoms with Gasteiger partial charge in [0.15, 0.2) is 0 Å². The van der Waals surface area contributed by atoms with Crippen LogP contribution < -0.4 is 4.90 Å². The first-order valence-electron chi connectivity index (χ1n) is 5.63. The Hall–Kier alpha value is -1.72. The number of rotatable bonds is 2. The number of benzene rings is 1. The molecule has 1 aliphatic heterocycles. The maximum atomic E-state index is 12.0. The number of fused-ring (bicyclic) bond motifs is 1. The van der Waals surface area contributed by atoms with Crippen LogP contribution in [-0.2, 0) is 11.3 Å². The Morgan fingerprint density at radius 3 is 2.84 bits per heavy atom. The van der Waals surface area contributed by atoms with Crippen molar-refractivity contribution in [2.75, 3.05) is 4.90 Å². The molecule has 19 heavy (non-hydrogen) atoms. The van der Waals surface area contributed by atoms with Crippen molar-refractivity contribution in [3.05, 3.63) is 44.9 Å². The minimum Gasteiger partial charge on any atom is -0.298 e. The Kier molecular flexibility index (Phi) is 2.88. The van der Waals surface area contributed by atoms with Crippen LogP contribution in [0, 0.1) is 6.92 Å². The molecule has 1 amide bonds. The van der Waals surface area contributed by atoms with Crippen LogP contribution in [0.25, 0.3) is 0 Å². The van der Waals surface area contributed by atoms with Gasteiger partial charge >= 0.3 is 0 Å². The quantitative estimate of drug-likeness (QED) is 0.800. The number of anilines is 1. The summed E-state index contributed by atoms with van der Waals surface area (Å²) in [4.78, 5) is 29.6. The monoisotopic (exact) mass is 292 g/mol. The fourth-order valence-corrected chi connectivity index (χ4v) is 2.96. The van der Waals surface area contributed by atoms with Crippen LogP contribution in [0.1, 0.15) is 21.1 Å². The summed E-state index contributed by atoms with van der Waals surface area (Å²) in [7, 11) is 0. The molecule has 3 rings (SSSR count). The Morgan fingerprint density at radius 2 is 2.16 bits per heavy atom. The third-order valence-electron chi connectivity index (χ3n) is 2.89. The smallest absolute Gasteiger partial charge is 0.298 e. The number of halogens is 1. The lowest BCUT2D eigenvalue weighted by molar-refractivity contribution is -0.114. The van der Waals surface area contributed by atoms with Gasteiger partial charge in [0, 0.05) is 16.1 Å². The molecule has 0 saturated heterocycles. The average Bonchev–Trinajstić information content (AvgIpc) is 2.88. The van der Waals surface area contributed by atoms with Crippen molar-refractivity contribution in [2.24, 2.45) is 0 Å². The number of aryl methyl sites for hydroxylation is 1. The lowest BCUT2D eigenvalue weighted by atomic mass is 10.1. The number of amides is 1. The van der Waals surface area contributed by atoms with E-state index in [1.807, 2.05) is 12.3 Å². The SMILES string of the molecule is Cc1csc(CN2C(=O)C(=O)c3ccc(Cl)cc32)n1. The van der Waals surface area contributed by atoms with Crippen LogP contribution in [0.15, 0.2) is 23.6 Å². The summed E-state index contributed by atoms with van der Waals surface area (Å²) in [5.41, 5.74) is 1.88. The van der Waals surface area contributed by atoms with E-state index in [0.29, 0.717) is 22.8 Å². The molecule has 0 N–H and O–H groups in total. The highest BCUT2D eigenvalue weighted by atomic mass is 35.5. The number of ketones is 1. The molecule has 1 aromatic carbocycles. The van der Waals surface area contributed by atoms with E-state index in [-0.39, 0.29) is 0 Å². The summed E-state index contributed by atoms with van der Waals surface area (Å²) in [6, 6.07) is 4.84. The molecule has 0 aliphatic carbocycles. The van der Waals surface area contributed by atoms with E-state index >= 15 is 0 Å². The van der Waals surface area contributed by atoms with Gasteiger partial charge in [0.25, 0.3) is 11.7 Å². The molecule has 0 saturated carbocycles. The predicted molar refractivity (Wildman–Crippen MR) is 73.8 cm³/mol. The number of carbonyl (C=O) groups excluding carboxylic acids is 2. The normalized spacial score (nSPS) is 14.1. The minimum absolute atomic E-state index is 0.302. The summed E-state index contributed by atoms with van der Waals surface area (Å²) in [6.07, 6.45) is 0. The Morgan fingerprint density at radius 1 is 1.37 bits per heavy atom. The summed E-state index contributed by atoms with van der Waals surface area (Å²) < 4.78 is 0. The molecule has 2 aromatic rings. The molecule has 0 fully saturated rings. The average molecular weight is 293 g/mol. The first-order valence-corrected chi connectivity index (χ1v) is 6.89. The highest BCUT2D eigenvalue weighted by Gasteiger charge is 2.36. The van der Waals surface area contributed by atoms with Crippen molar-refractivity contribution >= 4 is 40.3 Å². The molecule has 4 nitrogen and oxygen atoms in total. The molecule has 2 heterocycles. The van der Waals surface area contributed by atoms with Crippen LogP contribution in [0.4, 0.5) is 5.69 Å². The fraction of sp³-hybridized carbons (Fsp3) is 0.154. The van der Waals surface area contributed by atoms with Gasteiger partial charge in [-0.3, -0.25) is 14.5 Å². The molecule has 0 spiro atoms. The van der Waals surface area contributed by atoms with Crippen molar-refractivity contribution in [3.63, 3.8) is 0 Å². The second-order valence-electron chi connectivity index (χ2n) is 4.26. The lowest BCUT2D eigenvalue weighted by Gasteiger charge is -2.14. The van der Waals surface area contributed by atoms with Crippen LogP contribution in [0.3, 0.4) is 0 Å². The number of aromatic nitrogens is 1. The minimum atomic E-state index is -0.523. The second-order valence-corrected chi connectivity index (χ2v) is 5.64. The third-order valence-corrected chi connectivity index (χ3v) is 4.08. The number of Topliss-reactive ketones (excluding diaryl/α,β-unsaturated/α-hetero) is 1. The summed E-state index contributed by atoms with van der Waals surface area (Å²) in [6.45, 7) is 2.19. The van der Waals surface area contributed by atoms with E-state index < -0.39 is 11.7 Å². The highest BCUT2D eigenvalue weighted by Crippen LogP contribution is 2.33. The molecule has 96 valence electrons. The van der Waals surface area contributed by atoms with Crippen LogP contribution >= 0.6 is 22.9 Å². The first kappa shape index (κ1) is 12.3. The molecule has 1 aromatic heterocycles. The zero-order valence-corrected chi connectivity index (χ0v) is 11.6. The standard InChI is InChI=1S/C13H9ClN2O2S/c1-7-6-19-11(15-7)5-16-10-4-8(14)2-3-9(10)12(17)13(16)18/h2-4,6H,5H2,1H3. The van der Waals surface area contributed by atoms with Gasteiger partial charge in [-0.2, -0.15) is 0 Å². The number of thiazole rings is 1. The molecule has 0 unspecified atom stereocenters. The number of hydrogen-bond acceptors (Lipinski definition) is 4. The van der Waals surface area contributed by atoms with Crippen molar-refractivity contribution in [1.82, 2.24) is 4.98 Å². The van der Waals surface area contributed by atoms with E-state index in [2.05, 4.69) is 4.98 Å². The maximum absolute atomic E-state index is 12.0. The van der Waals surface area contributed by atoms with Gasteiger partial charge in [-0.05, 0) is 25.1 Å². The van der Waals surface area contributed by atoms with Gasteiger partial charge in [-0.15, -0.1) is 11.3 Å². The van der Waals surface area contributed by atoms with E-state index in [0.717, 1.165) is 10.7 Å². The van der Waals surface area contributed by atoms with Crippen molar-refractivity contribution in [3.8, 4) is 0 Å². The molecular weight excluding hydrogens is 284 g/mol. The largest absolute Gasteiger partial charge is 0.299 e. The van der Waals surface area contributed by atoms with Crippen molar-refractivity contribution in [2.45, 2.75) is 13.5 Å². The molecule has 1 aliphatic rings. The maximum Gasteiger partial charge on any atom is 0.299 e. The fourth-order valence-electron chi connectivity index (χ4n) is 2.03. The zero-order valence-electron chi connectivity index (χ0n) is 10.0. The summed E-state index contributed by atoms with van der Waals surface area (Å²) >= 11 is 7.40. The first-order chi connectivity index (χ1) is 9.06. The van der Waals surface area contributed by atoms with E-state index in [9.17, 15) is 9.59 Å². The molecule has 0 radical (unpaired) electrons. The summed E-state index contributed by atoms with van der Waals surface area (Å²) in [5, 5.41) is 3.21. The number of carbonyl (C=O) groups is 2.